The molecular formula is C13H16BrNO. The monoisotopic (exact) mass is 281 g/mol. The van der Waals surface area contributed by atoms with Crippen molar-refractivity contribution in [3.8, 4) is 5.75 Å². The SMILES string of the molecule is COc1cc2c(cc1Br)CC(C(C)C)N=C2. The van der Waals surface area contributed by atoms with Gasteiger partial charge in [0, 0.05) is 6.21 Å². The zero-order chi connectivity index (χ0) is 11.7. The van der Waals surface area contributed by atoms with Crippen LogP contribution in [0.5, 0.6) is 5.75 Å². The van der Waals surface area contributed by atoms with E-state index in [2.05, 4.69) is 40.8 Å². The summed E-state index contributed by atoms with van der Waals surface area (Å²) in [7, 11) is 1.68. The first-order valence-electron chi connectivity index (χ1n) is 5.51. The van der Waals surface area contributed by atoms with Crippen LogP contribution < -0.4 is 4.74 Å². The molecular weight excluding hydrogens is 266 g/mol. The van der Waals surface area contributed by atoms with Gasteiger partial charge in [-0.1, -0.05) is 13.8 Å². The van der Waals surface area contributed by atoms with E-state index in [0.717, 1.165) is 16.6 Å². The van der Waals surface area contributed by atoms with E-state index in [0.29, 0.717) is 12.0 Å². The van der Waals surface area contributed by atoms with Crippen LogP contribution in [0.4, 0.5) is 0 Å². The first-order valence-corrected chi connectivity index (χ1v) is 6.30. The fraction of sp³-hybridized carbons (Fsp3) is 0.462. The molecule has 2 rings (SSSR count). The summed E-state index contributed by atoms with van der Waals surface area (Å²) < 4.78 is 6.30. The highest BCUT2D eigenvalue weighted by Gasteiger charge is 2.19. The van der Waals surface area contributed by atoms with Crippen molar-refractivity contribution >= 4 is 22.1 Å². The molecule has 0 aromatic heterocycles. The molecule has 2 nitrogen and oxygen atoms in total. The Morgan fingerprint density at radius 1 is 1.44 bits per heavy atom. The first-order chi connectivity index (χ1) is 7.61. The average molecular weight is 282 g/mol. The molecule has 0 aliphatic carbocycles. The van der Waals surface area contributed by atoms with Crippen molar-refractivity contribution in [2.24, 2.45) is 10.9 Å². The number of hydrogen-bond donors (Lipinski definition) is 0. The lowest BCUT2D eigenvalue weighted by Crippen LogP contribution is -2.21. The third-order valence-electron chi connectivity index (χ3n) is 3.02. The highest BCUT2D eigenvalue weighted by atomic mass is 79.9. The Morgan fingerprint density at radius 2 is 2.19 bits per heavy atom. The van der Waals surface area contributed by atoms with Crippen LogP contribution in [0.15, 0.2) is 21.6 Å². The third kappa shape index (κ3) is 2.14. The number of ether oxygens (including phenoxy) is 1. The van der Waals surface area contributed by atoms with Gasteiger partial charge >= 0.3 is 0 Å². The molecule has 1 aliphatic rings. The Hall–Kier alpha value is -0.830. The van der Waals surface area contributed by atoms with Gasteiger partial charge in [0.05, 0.1) is 17.6 Å². The number of hydrogen-bond acceptors (Lipinski definition) is 2. The van der Waals surface area contributed by atoms with Gasteiger partial charge in [0.15, 0.2) is 0 Å². The van der Waals surface area contributed by atoms with E-state index in [-0.39, 0.29) is 0 Å². The fourth-order valence-corrected chi connectivity index (χ4v) is 2.48. The van der Waals surface area contributed by atoms with Gasteiger partial charge in [0.1, 0.15) is 5.75 Å². The van der Waals surface area contributed by atoms with Crippen LogP contribution in [-0.2, 0) is 6.42 Å². The van der Waals surface area contributed by atoms with Crippen molar-refractivity contribution in [3.63, 3.8) is 0 Å². The second-order valence-corrected chi connectivity index (χ2v) is 5.33. The van der Waals surface area contributed by atoms with Gasteiger partial charge in [-0.25, -0.2) is 0 Å². The summed E-state index contributed by atoms with van der Waals surface area (Å²) in [6, 6.07) is 4.60. The first kappa shape index (κ1) is 11.6. The Kier molecular flexibility index (Phi) is 3.33. The number of aliphatic imine (C=N–C) groups is 1. The van der Waals surface area contributed by atoms with Crippen LogP contribution in [0, 0.1) is 5.92 Å². The highest BCUT2D eigenvalue weighted by molar-refractivity contribution is 9.10. The minimum Gasteiger partial charge on any atom is -0.496 e. The Labute approximate surface area is 105 Å². The van der Waals surface area contributed by atoms with Crippen LogP contribution in [0.3, 0.4) is 0 Å². The maximum absolute atomic E-state index is 5.28. The molecule has 0 N–H and O–H groups in total. The number of rotatable bonds is 2. The summed E-state index contributed by atoms with van der Waals surface area (Å²) in [5, 5.41) is 0. The molecule has 0 saturated heterocycles. The quantitative estimate of drug-likeness (QED) is 0.814. The van der Waals surface area contributed by atoms with Crippen molar-refractivity contribution in [3.05, 3.63) is 27.7 Å². The number of fused-ring (bicyclic) bond motifs is 1. The minimum atomic E-state index is 0.410. The molecule has 1 unspecified atom stereocenters. The van der Waals surface area contributed by atoms with Crippen LogP contribution in [-0.4, -0.2) is 19.4 Å². The van der Waals surface area contributed by atoms with Crippen LogP contribution >= 0.6 is 15.9 Å². The van der Waals surface area contributed by atoms with Crippen molar-refractivity contribution in [2.75, 3.05) is 7.11 Å². The van der Waals surface area contributed by atoms with Gasteiger partial charge in [-0.3, -0.25) is 4.99 Å². The molecule has 16 heavy (non-hydrogen) atoms. The molecule has 0 spiro atoms. The van der Waals surface area contributed by atoms with Crippen LogP contribution in [0.1, 0.15) is 25.0 Å². The fourth-order valence-electron chi connectivity index (χ4n) is 1.93. The normalized spacial score (nSPS) is 18.7. The van der Waals surface area contributed by atoms with Crippen molar-refractivity contribution in [1.82, 2.24) is 0 Å². The van der Waals surface area contributed by atoms with E-state index in [9.17, 15) is 0 Å². The maximum Gasteiger partial charge on any atom is 0.133 e. The molecule has 1 aliphatic heterocycles. The van der Waals surface area contributed by atoms with Gasteiger partial charge in [-0.2, -0.15) is 0 Å². The molecule has 0 fully saturated rings. The van der Waals surface area contributed by atoms with Gasteiger partial charge in [-0.15, -0.1) is 0 Å². The largest absolute Gasteiger partial charge is 0.496 e. The lowest BCUT2D eigenvalue weighted by molar-refractivity contribution is 0.411. The lowest BCUT2D eigenvalue weighted by Gasteiger charge is -2.22. The summed E-state index contributed by atoms with van der Waals surface area (Å²) in [6.45, 7) is 4.43. The van der Waals surface area contributed by atoms with Gasteiger partial charge in [0.2, 0.25) is 0 Å². The van der Waals surface area contributed by atoms with Gasteiger partial charge < -0.3 is 4.74 Å². The van der Waals surface area contributed by atoms with Crippen LogP contribution in [0.2, 0.25) is 0 Å². The van der Waals surface area contributed by atoms with Crippen molar-refractivity contribution in [1.29, 1.82) is 0 Å². The van der Waals surface area contributed by atoms with E-state index in [1.165, 1.54) is 11.1 Å². The highest BCUT2D eigenvalue weighted by Crippen LogP contribution is 2.31. The van der Waals surface area contributed by atoms with Crippen LogP contribution in [0.25, 0.3) is 0 Å². The predicted octanol–water partition coefficient (Wildman–Crippen LogP) is 3.46. The Morgan fingerprint density at radius 3 is 2.81 bits per heavy atom. The van der Waals surface area contributed by atoms with Gasteiger partial charge in [-0.05, 0) is 51.5 Å². The number of benzene rings is 1. The topological polar surface area (TPSA) is 21.6 Å². The summed E-state index contributed by atoms with van der Waals surface area (Å²) in [6.07, 6.45) is 2.99. The summed E-state index contributed by atoms with van der Waals surface area (Å²) >= 11 is 3.52. The molecule has 3 heteroatoms. The second kappa shape index (κ2) is 4.58. The zero-order valence-electron chi connectivity index (χ0n) is 9.83. The summed E-state index contributed by atoms with van der Waals surface area (Å²) in [5.41, 5.74) is 2.53. The molecule has 1 aromatic carbocycles. The predicted molar refractivity (Wildman–Crippen MR) is 70.6 cm³/mol. The molecule has 1 aromatic rings. The summed E-state index contributed by atoms with van der Waals surface area (Å²) in [4.78, 5) is 4.58. The molecule has 0 radical (unpaired) electrons. The second-order valence-electron chi connectivity index (χ2n) is 4.48. The van der Waals surface area contributed by atoms with E-state index < -0.39 is 0 Å². The minimum absolute atomic E-state index is 0.410. The average Bonchev–Trinajstić information content (AvgIpc) is 2.27. The maximum atomic E-state index is 5.28. The number of methoxy groups -OCH3 is 1. The van der Waals surface area contributed by atoms with E-state index in [1.807, 2.05) is 12.3 Å². The zero-order valence-corrected chi connectivity index (χ0v) is 11.4. The van der Waals surface area contributed by atoms with Crippen molar-refractivity contribution in [2.45, 2.75) is 26.3 Å². The molecule has 0 saturated carbocycles. The Bertz CT molecular complexity index is 426. The smallest absolute Gasteiger partial charge is 0.133 e. The number of halogens is 1. The third-order valence-corrected chi connectivity index (χ3v) is 3.64. The Balaban J connectivity index is 2.36. The number of nitrogens with zero attached hydrogens (tertiary/aromatic N) is 1. The van der Waals surface area contributed by atoms with E-state index in [4.69, 9.17) is 4.74 Å². The molecule has 0 amide bonds. The van der Waals surface area contributed by atoms with E-state index in [1.54, 1.807) is 7.11 Å². The van der Waals surface area contributed by atoms with Gasteiger partial charge in [0.25, 0.3) is 0 Å². The molecule has 1 heterocycles. The molecule has 0 bridgehead atoms. The lowest BCUT2D eigenvalue weighted by atomic mass is 9.92. The molecule has 1 atom stereocenters. The molecule has 86 valence electrons. The standard InChI is InChI=1S/C13H16BrNO/c1-8(2)12-5-9-4-11(14)13(16-3)6-10(9)7-15-12/h4,6-8,12H,5H2,1-3H3. The van der Waals surface area contributed by atoms with E-state index >= 15 is 0 Å². The summed E-state index contributed by atoms with van der Waals surface area (Å²) in [5.74, 6) is 1.46. The van der Waals surface area contributed by atoms with Crippen molar-refractivity contribution < 1.29 is 4.74 Å².